The third kappa shape index (κ3) is 7.05. The quantitative estimate of drug-likeness (QED) is 0.189. The first kappa shape index (κ1) is 32.2. The Bertz CT molecular complexity index is 1470. The maximum atomic E-state index is 13.8. The maximum absolute atomic E-state index is 13.8. The number of hydrogen-bond acceptors (Lipinski definition) is 6. The first-order valence-electron chi connectivity index (χ1n) is 14.2. The van der Waals surface area contributed by atoms with E-state index in [1.54, 1.807) is 33.7 Å². The Hall–Kier alpha value is -2.21. The molecule has 0 saturated carbocycles. The van der Waals surface area contributed by atoms with E-state index in [9.17, 15) is 18.4 Å². The molecular formula is C31H33Cl2F2N3O3S2. The molecule has 0 spiro atoms. The topological polar surface area (TPSA) is 86.9 Å². The van der Waals surface area contributed by atoms with Gasteiger partial charge in [0.1, 0.15) is 5.54 Å². The number of piperidine rings is 2. The van der Waals surface area contributed by atoms with Crippen LogP contribution in [0.3, 0.4) is 0 Å². The third-order valence-corrected chi connectivity index (χ3v) is 11.1. The van der Waals surface area contributed by atoms with Gasteiger partial charge in [0, 0.05) is 77.3 Å². The number of alkyl halides is 2. The number of rotatable bonds is 9. The Labute approximate surface area is 268 Å². The minimum absolute atomic E-state index is 0.0993. The number of likely N-dealkylation sites (tertiary alicyclic amines) is 2. The molecule has 230 valence electrons. The molecule has 43 heavy (non-hydrogen) atoms. The van der Waals surface area contributed by atoms with Crippen molar-refractivity contribution in [2.75, 3.05) is 38.5 Å². The summed E-state index contributed by atoms with van der Waals surface area (Å²) in [6, 6.07) is 15.2. The second-order valence-corrected chi connectivity index (χ2v) is 14.0. The van der Waals surface area contributed by atoms with E-state index < -0.39 is 17.4 Å². The molecular weight excluding hydrogens is 635 g/mol. The highest BCUT2D eigenvalue weighted by Crippen LogP contribution is 2.44. The third-order valence-electron chi connectivity index (χ3n) is 8.29. The summed E-state index contributed by atoms with van der Waals surface area (Å²) in [5.74, 6) is -2.61. The van der Waals surface area contributed by atoms with Crippen LogP contribution in [0.1, 0.15) is 41.8 Å². The van der Waals surface area contributed by atoms with Crippen molar-refractivity contribution >= 4 is 58.1 Å². The molecule has 3 N–H and O–H groups in total. The first-order chi connectivity index (χ1) is 20.5. The van der Waals surface area contributed by atoms with Gasteiger partial charge in [-0.2, -0.15) is 0 Å². The molecule has 5 rings (SSSR count). The lowest BCUT2D eigenvalue weighted by Gasteiger charge is -2.48. The monoisotopic (exact) mass is 667 g/mol. The number of carbonyl (C=O) groups excluding carboxylic acids is 2. The molecule has 12 heteroatoms. The Balaban J connectivity index is 1.40. The van der Waals surface area contributed by atoms with E-state index in [1.807, 2.05) is 36.4 Å². The Morgan fingerprint density at radius 1 is 0.953 bits per heavy atom. The van der Waals surface area contributed by atoms with Crippen LogP contribution in [0.15, 0.2) is 53.4 Å². The lowest BCUT2D eigenvalue weighted by atomic mass is 9.83. The fraction of sp³-hybridized carbons (Fsp3) is 0.419. The summed E-state index contributed by atoms with van der Waals surface area (Å²) in [6.45, 7) is 0.932. The lowest BCUT2D eigenvalue weighted by molar-refractivity contribution is -0.140. The highest BCUT2D eigenvalue weighted by Gasteiger charge is 2.49. The number of aliphatic hydroxyl groups excluding tert-OH is 1. The second kappa shape index (κ2) is 13.4. The van der Waals surface area contributed by atoms with Crippen molar-refractivity contribution < 1.29 is 23.5 Å². The van der Waals surface area contributed by atoms with Crippen LogP contribution < -0.4 is 5.73 Å². The molecule has 2 fully saturated rings. The number of nitrogens with two attached hydrogens (primary N) is 1. The van der Waals surface area contributed by atoms with E-state index in [-0.39, 0.29) is 38.4 Å². The molecule has 2 aliphatic heterocycles. The van der Waals surface area contributed by atoms with Gasteiger partial charge in [0.2, 0.25) is 5.91 Å². The zero-order chi connectivity index (χ0) is 30.8. The van der Waals surface area contributed by atoms with Crippen molar-refractivity contribution in [3.8, 4) is 21.6 Å². The summed E-state index contributed by atoms with van der Waals surface area (Å²) < 4.78 is 27.6. The van der Waals surface area contributed by atoms with Crippen LogP contribution in [0, 0.1) is 0 Å². The van der Waals surface area contributed by atoms with Crippen LogP contribution >= 0.6 is 46.3 Å². The molecule has 2 amide bonds. The van der Waals surface area contributed by atoms with Crippen molar-refractivity contribution in [3.05, 3.63) is 63.5 Å². The molecule has 0 radical (unpaired) electrons. The number of thioether (sulfide) groups is 1. The maximum Gasteiger partial charge on any atom is 0.263 e. The SMILES string of the molecule is NC(=O)C1(N2CCC(F)(F)CC2)CCN(C(=O)c2cc(-c3ccc(SCCCO)cc3)c(-c3ccc(Cl)cc3Cl)s2)CC1. The summed E-state index contributed by atoms with van der Waals surface area (Å²) in [7, 11) is 0. The van der Waals surface area contributed by atoms with Gasteiger partial charge in [-0.25, -0.2) is 8.78 Å². The van der Waals surface area contributed by atoms with E-state index in [0.29, 0.717) is 47.3 Å². The van der Waals surface area contributed by atoms with Crippen molar-refractivity contribution in [1.29, 1.82) is 0 Å². The molecule has 0 bridgehead atoms. The summed E-state index contributed by atoms with van der Waals surface area (Å²) >= 11 is 15.8. The van der Waals surface area contributed by atoms with Gasteiger partial charge in [0.05, 0.1) is 9.90 Å². The number of halogens is 4. The molecule has 3 aromatic rings. The number of primary amides is 1. The minimum atomic E-state index is -2.73. The van der Waals surface area contributed by atoms with Crippen LogP contribution in [0.25, 0.3) is 21.6 Å². The van der Waals surface area contributed by atoms with E-state index in [2.05, 4.69) is 0 Å². The molecule has 0 atom stereocenters. The average Bonchev–Trinajstić information content (AvgIpc) is 3.42. The number of hydrogen-bond donors (Lipinski definition) is 2. The van der Waals surface area contributed by atoms with Gasteiger partial charge < -0.3 is 15.7 Å². The average molecular weight is 669 g/mol. The van der Waals surface area contributed by atoms with Crippen LogP contribution in [0.2, 0.25) is 10.0 Å². The van der Waals surface area contributed by atoms with Gasteiger partial charge in [-0.05, 0) is 55.2 Å². The zero-order valence-corrected chi connectivity index (χ0v) is 26.6. The van der Waals surface area contributed by atoms with Gasteiger partial charge in [0.25, 0.3) is 11.8 Å². The van der Waals surface area contributed by atoms with Gasteiger partial charge in [-0.1, -0.05) is 41.4 Å². The summed E-state index contributed by atoms with van der Waals surface area (Å²) in [5.41, 5.74) is 7.37. The predicted molar refractivity (Wildman–Crippen MR) is 170 cm³/mol. The number of carbonyl (C=O) groups is 2. The van der Waals surface area contributed by atoms with Crippen molar-refractivity contribution in [1.82, 2.24) is 9.80 Å². The molecule has 6 nitrogen and oxygen atoms in total. The smallest absolute Gasteiger partial charge is 0.263 e. The molecule has 0 unspecified atom stereocenters. The molecule has 1 aromatic heterocycles. The first-order valence-corrected chi connectivity index (χ1v) is 16.7. The number of thiophene rings is 1. The van der Waals surface area contributed by atoms with Crippen LogP contribution in [-0.4, -0.2) is 76.7 Å². The Kier molecular flexibility index (Phi) is 10.0. The van der Waals surface area contributed by atoms with E-state index >= 15 is 0 Å². The summed E-state index contributed by atoms with van der Waals surface area (Å²) in [5, 5.41) is 10.1. The predicted octanol–water partition coefficient (Wildman–Crippen LogP) is 7.05. The van der Waals surface area contributed by atoms with Gasteiger partial charge in [-0.3, -0.25) is 14.5 Å². The number of aliphatic hydroxyl groups is 1. The summed E-state index contributed by atoms with van der Waals surface area (Å²) in [4.78, 5) is 32.5. The summed E-state index contributed by atoms with van der Waals surface area (Å²) in [6.07, 6.45) is 0.695. The van der Waals surface area contributed by atoms with Crippen LogP contribution in [-0.2, 0) is 4.79 Å². The molecule has 0 aliphatic carbocycles. The highest BCUT2D eigenvalue weighted by atomic mass is 35.5. The zero-order valence-electron chi connectivity index (χ0n) is 23.5. The Morgan fingerprint density at radius 3 is 2.23 bits per heavy atom. The van der Waals surface area contributed by atoms with E-state index in [1.165, 1.54) is 11.3 Å². The van der Waals surface area contributed by atoms with Gasteiger partial charge >= 0.3 is 0 Å². The number of benzene rings is 2. The number of amides is 2. The van der Waals surface area contributed by atoms with Crippen molar-refractivity contribution in [2.24, 2.45) is 5.73 Å². The fourth-order valence-corrected chi connectivity index (χ4v) is 8.37. The fourth-order valence-electron chi connectivity index (χ4n) is 5.79. The molecule has 2 aliphatic rings. The van der Waals surface area contributed by atoms with Crippen LogP contribution in [0.5, 0.6) is 0 Å². The van der Waals surface area contributed by atoms with Crippen LogP contribution in [0.4, 0.5) is 8.78 Å². The second-order valence-electron chi connectivity index (χ2n) is 11.0. The van der Waals surface area contributed by atoms with E-state index in [4.69, 9.17) is 34.0 Å². The van der Waals surface area contributed by atoms with Crippen molar-refractivity contribution in [2.45, 2.75) is 48.5 Å². The van der Waals surface area contributed by atoms with Crippen molar-refractivity contribution in [3.63, 3.8) is 0 Å². The molecule has 2 aromatic carbocycles. The standard InChI is InChI=1S/C31H33Cl2F2N3O3S2/c32-21-4-7-23(25(33)18-21)27-24(20-2-5-22(6-3-20)42-17-1-16-39)19-26(43-27)28(40)37-12-8-30(9-13-37,29(36)41)38-14-10-31(34,35)11-15-38/h2-7,18-19,39H,1,8-17H2,(H2,36,41). The Morgan fingerprint density at radius 2 is 1.63 bits per heavy atom. The number of nitrogens with zero attached hydrogens (tertiary/aromatic N) is 2. The molecule has 2 saturated heterocycles. The minimum Gasteiger partial charge on any atom is -0.396 e. The largest absolute Gasteiger partial charge is 0.396 e. The van der Waals surface area contributed by atoms with Gasteiger partial charge in [-0.15, -0.1) is 23.1 Å². The molecule has 3 heterocycles. The van der Waals surface area contributed by atoms with E-state index in [0.717, 1.165) is 32.2 Å². The lowest BCUT2D eigenvalue weighted by Crippen LogP contribution is -2.64. The normalized spacial score (nSPS) is 18.5. The van der Waals surface area contributed by atoms with Gasteiger partial charge in [0.15, 0.2) is 0 Å². The highest BCUT2D eigenvalue weighted by molar-refractivity contribution is 7.99.